The number of hydrogen-bond acceptors (Lipinski definition) is 21. The van der Waals surface area contributed by atoms with Crippen LogP contribution in [0.3, 0.4) is 0 Å². The Labute approximate surface area is 643 Å². The Morgan fingerprint density at radius 1 is 0.574 bits per heavy atom. The summed E-state index contributed by atoms with van der Waals surface area (Å²) in [6, 6.07) is -4.73. The number of benzene rings is 2. The minimum atomic E-state index is -1.94. The molecular formula is C69H96IN17O19S2. The number of carboxylic acids is 3. The lowest BCUT2D eigenvalue weighted by Gasteiger charge is -2.29. The first-order valence-electron chi connectivity index (χ1n) is 34.9. The molecule has 0 bridgehead atoms. The van der Waals surface area contributed by atoms with Crippen LogP contribution in [0.5, 0.6) is 0 Å². The maximum atomic E-state index is 15.1. The van der Waals surface area contributed by atoms with Crippen molar-refractivity contribution in [3.8, 4) is 0 Å². The van der Waals surface area contributed by atoms with Crippen molar-refractivity contribution in [3.05, 3.63) is 90.3 Å². The number of nitrogens with one attached hydrogen (secondary N) is 16. The van der Waals surface area contributed by atoms with Crippen LogP contribution in [-0.2, 0) is 86.4 Å². The lowest BCUT2D eigenvalue weighted by atomic mass is 9.98. The lowest BCUT2D eigenvalue weighted by Crippen LogP contribution is -2.61. The van der Waals surface area contributed by atoms with Gasteiger partial charge in [-0.05, 0) is 74.1 Å². The smallest absolute Gasteiger partial charge is 0.328 e. The van der Waals surface area contributed by atoms with E-state index >= 15 is 4.79 Å². The van der Waals surface area contributed by atoms with E-state index in [-0.39, 0.29) is 49.7 Å². The summed E-state index contributed by atoms with van der Waals surface area (Å²) < 4.78 is 2.64. The van der Waals surface area contributed by atoms with Crippen LogP contribution in [0.2, 0.25) is 0 Å². The summed E-state index contributed by atoms with van der Waals surface area (Å²) in [5, 5.41) is 83.7. The number of imidazole rings is 1. The maximum absolute atomic E-state index is 15.1. The molecular weight excluding hydrogens is 1560 g/mol. The zero-order valence-corrected chi connectivity index (χ0v) is 64.4. The summed E-state index contributed by atoms with van der Waals surface area (Å²) in [6.07, 6.45) is -0.403. The van der Waals surface area contributed by atoms with E-state index in [0.717, 1.165) is 28.5 Å². The van der Waals surface area contributed by atoms with Gasteiger partial charge in [0.25, 0.3) is 0 Å². The molecule has 0 radical (unpaired) electrons. The fraction of sp³-hybridized carbons (Fsp3) is 0.522. The van der Waals surface area contributed by atoms with Gasteiger partial charge < -0.3 is 99.0 Å². The molecule has 2 aromatic carbocycles. The van der Waals surface area contributed by atoms with Gasteiger partial charge in [-0.3, -0.25) is 71.2 Å². The van der Waals surface area contributed by atoms with E-state index in [1.54, 1.807) is 125 Å². The summed E-state index contributed by atoms with van der Waals surface area (Å²) in [5.41, 5.74) is 2.61. The Morgan fingerprint density at radius 2 is 1.08 bits per heavy atom. The van der Waals surface area contributed by atoms with E-state index in [1.807, 2.05) is 0 Å². The fourth-order valence-electron chi connectivity index (χ4n) is 11.6. The van der Waals surface area contributed by atoms with Gasteiger partial charge in [-0.2, -0.15) is 0 Å². The van der Waals surface area contributed by atoms with Crippen LogP contribution >= 0.6 is 44.5 Å². The number of halogens is 1. The predicted octanol–water partition coefficient (Wildman–Crippen LogP) is -1.08. The molecule has 0 aliphatic carbocycles. The number of nitrogens with zero attached hydrogens (tertiary/aromatic N) is 1. The number of amides is 11. The molecule has 1 aliphatic heterocycles. The zero-order valence-electron chi connectivity index (χ0n) is 60.6. The zero-order chi connectivity index (χ0) is 79.6. The van der Waals surface area contributed by atoms with Gasteiger partial charge in [0.05, 0.1) is 37.5 Å². The van der Waals surface area contributed by atoms with Crippen LogP contribution in [0, 0.1) is 17.8 Å². The summed E-state index contributed by atoms with van der Waals surface area (Å²) >= 11 is 1.61. The van der Waals surface area contributed by atoms with Crippen molar-refractivity contribution < 1.29 is 92.7 Å². The van der Waals surface area contributed by atoms with E-state index < -0.39 is 205 Å². The van der Waals surface area contributed by atoms with Crippen LogP contribution in [0.4, 0.5) is 0 Å². The van der Waals surface area contributed by atoms with Crippen molar-refractivity contribution in [2.24, 2.45) is 17.8 Å². The number of H-pyrrole nitrogens is 3. The van der Waals surface area contributed by atoms with E-state index in [9.17, 15) is 87.9 Å². The molecule has 3 aromatic heterocycles. The predicted molar refractivity (Wildman–Crippen MR) is 405 cm³/mol. The van der Waals surface area contributed by atoms with Gasteiger partial charge in [-0.15, -0.1) is 0 Å². The van der Waals surface area contributed by atoms with Gasteiger partial charge in [-0.25, -0.2) is 9.78 Å². The Kier molecular flexibility index (Phi) is 34.3. The standard InChI is InChI=1S/C69H96IN17O19S2/c1-32(2)19-45-59(95)74-28-53(89)77-44(17-18-54(90)91)60(96)80-46(20-33(3)4)64(100)85-56(34(5)6)68(104)82-48(22-38-26-73-43-16-12-10-14-41(38)43)62(98)83-52(67(103)86-57(36(8)88)69(105)106)30-108-107-29-51(84-65(101)50(87-70)24-55(92)93)66(102)76-35(7)58(94)78-47(21-37-25-72-42-15-11-9-13-40(37)42)61(97)81-49(63(99)79-45)23-39-27-71-31-75-39/h9-16,25-27,31-36,44-52,56-57,65,72-73,84,87-88,101H,17-24,28-30H2,1-8H3,(H,71,75)(H,74,95)(H,76,102)(H,77,89)(H,78,94)(H,79,99)(H,80,96)(H,81,97)(H,82,104)(H,83,98)(H,85,100)(H,86,103)(H,90,91)(H,92,93)(H,105,106)/t35-,36+,44-,45-,46-,47-,48-,49-,50-,51-,52-,56-,57-,65?/m0/s1. The van der Waals surface area contributed by atoms with Crippen molar-refractivity contribution in [3.63, 3.8) is 0 Å². The van der Waals surface area contributed by atoms with Gasteiger partial charge in [-0.1, -0.05) is 99.5 Å². The van der Waals surface area contributed by atoms with Gasteiger partial charge in [0.2, 0.25) is 65.0 Å². The molecule has 1 fully saturated rings. The maximum Gasteiger partial charge on any atom is 0.328 e. The molecule has 108 heavy (non-hydrogen) atoms. The average Bonchev–Trinajstić information content (AvgIpc) is 1.66. The van der Waals surface area contributed by atoms with Gasteiger partial charge >= 0.3 is 17.9 Å². The molecule has 590 valence electrons. The first kappa shape index (κ1) is 87.5. The third kappa shape index (κ3) is 27.1. The van der Waals surface area contributed by atoms with Crippen LogP contribution < -0.4 is 67.3 Å². The van der Waals surface area contributed by atoms with Crippen LogP contribution in [-0.4, -0.2) is 231 Å². The molecule has 1 aliphatic rings. The quantitative estimate of drug-likeness (QED) is 0.0151. The van der Waals surface area contributed by atoms with Crippen LogP contribution in [0.25, 0.3) is 21.8 Å². The number of para-hydroxylation sites is 2. The molecule has 14 atom stereocenters. The molecule has 0 spiro atoms. The summed E-state index contributed by atoms with van der Waals surface area (Å²) in [4.78, 5) is 210. The summed E-state index contributed by atoms with van der Waals surface area (Å²) in [6.45, 7) is 11.6. The molecule has 39 heteroatoms. The van der Waals surface area contributed by atoms with Gasteiger partial charge in [0.15, 0.2) is 6.04 Å². The van der Waals surface area contributed by atoms with Crippen molar-refractivity contribution >= 4 is 149 Å². The van der Waals surface area contributed by atoms with E-state index in [2.05, 4.69) is 87.3 Å². The molecule has 21 N–H and O–H groups in total. The number of fused-ring (bicyclic) bond motifs is 2. The van der Waals surface area contributed by atoms with E-state index in [1.165, 1.54) is 19.4 Å². The molecule has 1 saturated heterocycles. The SMILES string of the molecule is CC(C)C[C@@H]1NC(=O)[C@H](Cc2cnc[nH]2)NC(=O)[C@H](Cc2c[nH]c3ccccc23)NC(=O)[C@H](C)NC(=O)[C@@H](NC(O)[C@H](CC(=O)O)NI)CSSC[C@@H](C(=O)N[C@H](C(=O)O)[C@@H](C)O)NC(=O)[C@H](Cc2c[nH]c3ccccc23)NC(=O)[C@H](C(C)C)NC(=O)[C@H](CC(C)C)NC(=O)[C@H](CCC(=O)O)NC(=O)CNC1=O. The molecule has 5 aromatic rings. The highest BCUT2D eigenvalue weighted by Crippen LogP contribution is 2.26. The van der Waals surface area contributed by atoms with Crippen molar-refractivity contribution in [2.75, 3.05) is 18.1 Å². The molecule has 6 rings (SSSR count). The largest absolute Gasteiger partial charge is 0.481 e. The Bertz CT molecular complexity index is 3970. The number of rotatable bonds is 24. The van der Waals surface area contributed by atoms with Gasteiger partial charge in [0.1, 0.15) is 60.6 Å². The van der Waals surface area contributed by atoms with Crippen molar-refractivity contribution in [1.29, 1.82) is 0 Å². The molecule has 0 saturated carbocycles. The number of carbonyl (C=O) groups is 14. The van der Waals surface area contributed by atoms with Gasteiger partial charge in [0, 0.05) is 106 Å². The van der Waals surface area contributed by atoms with Crippen LogP contribution in [0.1, 0.15) is 104 Å². The monoisotopic (exact) mass is 1660 g/mol. The highest BCUT2D eigenvalue weighted by molar-refractivity contribution is 14.1. The number of aliphatic hydroxyl groups is 2. The molecule has 4 heterocycles. The number of aromatic amines is 3. The minimum Gasteiger partial charge on any atom is -0.481 e. The first-order chi connectivity index (χ1) is 51.1. The third-order valence-electron chi connectivity index (χ3n) is 17.3. The molecule has 11 amide bonds. The average molecular weight is 1660 g/mol. The fourth-order valence-corrected chi connectivity index (χ4v) is 14.5. The second kappa shape index (κ2) is 42.4. The Hall–Kier alpha value is -9.42. The number of carbonyl (C=O) groups excluding carboxylic acids is 11. The summed E-state index contributed by atoms with van der Waals surface area (Å²) in [7, 11) is 1.66. The number of carboxylic acid groups (broad SMARTS) is 3. The second-order valence-electron chi connectivity index (χ2n) is 27.4. The third-order valence-corrected chi connectivity index (χ3v) is 20.5. The summed E-state index contributed by atoms with van der Waals surface area (Å²) in [5.74, 6) is -17.4. The van der Waals surface area contributed by atoms with E-state index in [0.29, 0.717) is 38.6 Å². The normalized spacial score (nSPS) is 23.5. The lowest BCUT2D eigenvalue weighted by molar-refractivity contribution is -0.145. The Morgan fingerprint density at radius 3 is 1.60 bits per heavy atom. The molecule has 1 unspecified atom stereocenters. The number of hydrogen-bond donors (Lipinski definition) is 21. The number of aliphatic carboxylic acids is 3. The van der Waals surface area contributed by atoms with Crippen molar-refractivity contribution in [2.45, 2.75) is 192 Å². The van der Waals surface area contributed by atoms with Crippen LogP contribution in [0.15, 0.2) is 73.4 Å². The minimum absolute atomic E-state index is 0.0395. The number of aromatic nitrogens is 4. The van der Waals surface area contributed by atoms with Crippen molar-refractivity contribution in [1.82, 2.24) is 87.3 Å². The highest BCUT2D eigenvalue weighted by atomic mass is 127. The first-order valence-corrected chi connectivity index (χ1v) is 38.5. The number of aliphatic hydroxyl groups excluding tert-OH is 2. The topological polar surface area (TPSA) is 557 Å². The highest BCUT2D eigenvalue weighted by Gasteiger charge is 2.39. The second-order valence-corrected chi connectivity index (χ2v) is 30.6. The van der Waals surface area contributed by atoms with E-state index in [4.69, 9.17) is 0 Å². The molecule has 36 nitrogen and oxygen atoms in total. The Balaban J connectivity index is 1.44.